The van der Waals surface area contributed by atoms with Gasteiger partial charge in [0.1, 0.15) is 0 Å². The smallest absolute Gasteiger partial charge is 0.391 e. The lowest BCUT2D eigenvalue weighted by molar-refractivity contribution is -0.155. The van der Waals surface area contributed by atoms with Crippen LogP contribution in [0.5, 0.6) is 0 Å². The second-order valence-electron chi connectivity index (χ2n) is 5.63. The van der Waals surface area contributed by atoms with Crippen LogP contribution in [0.3, 0.4) is 0 Å². The van der Waals surface area contributed by atoms with E-state index in [4.69, 9.17) is 0 Å². The Hall–Kier alpha value is -1.07. The largest absolute Gasteiger partial charge is 0.391 e. The van der Waals surface area contributed by atoms with Gasteiger partial charge in [-0.1, -0.05) is 29.8 Å². The Morgan fingerprint density at radius 1 is 1.40 bits per heavy atom. The molecule has 5 heteroatoms. The highest BCUT2D eigenvalue weighted by Gasteiger charge is 2.33. The van der Waals surface area contributed by atoms with Crippen LogP contribution in [0.1, 0.15) is 29.9 Å². The second-order valence-corrected chi connectivity index (χ2v) is 5.63. The van der Waals surface area contributed by atoms with Crippen molar-refractivity contribution >= 4 is 0 Å². The van der Waals surface area contributed by atoms with Crippen LogP contribution in [-0.2, 0) is 0 Å². The molecule has 0 bridgehead atoms. The van der Waals surface area contributed by atoms with Crippen molar-refractivity contribution in [2.24, 2.45) is 0 Å². The van der Waals surface area contributed by atoms with Gasteiger partial charge in [0, 0.05) is 13.1 Å². The Kier molecular flexibility index (Phi) is 4.70. The molecule has 0 radical (unpaired) electrons. The summed E-state index contributed by atoms with van der Waals surface area (Å²) in [6, 6.07) is 8.22. The first kappa shape index (κ1) is 15.3. The molecule has 20 heavy (non-hydrogen) atoms. The maximum atomic E-state index is 12.2. The maximum Gasteiger partial charge on any atom is 0.391 e. The van der Waals surface area contributed by atoms with Crippen molar-refractivity contribution in [1.82, 2.24) is 4.90 Å². The van der Waals surface area contributed by atoms with Gasteiger partial charge in [0.15, 0.2) is 0 Å². The Morgan fingerprint density at radius 2 is 2.15 bits per heavy atom. The zero-order chi connectivity index (χ0) is 14.8. The van der Waals surface area contributed by atoms with Crippen molar-refractivity contribution in [3.8, 4) is 0 Å². The lowest BCUT2D eigenvalue weighted by Crippen LogP contribution is -2.33. The van der Waals surface area contributed by atoms with E-state index in [0.29, 0.717) is 5.92 Å². The number of likely N-dealkylation sites (tertiary alicyclic amines) is 1. The van der Waals surface area contributed by atoms with Gasteiger partial charge in [-0.15, -0.1) is 0 Å². The van der Waals surface area contributed by atoms with Crippen molar-refractivity contribution in [3.05, 3.63) is 35.4 Å². The van der Waals surface area contributed by atoms with E-state index in [1.807, 2.05) is 24.0 Å². The van der Waals surface area contributed by atoms with Crippen molar-refractivity contribution in [3.63, 3.8) is 0 Å². The Labute approximate surface area is 117 Å². The predicted molar refractivity (Wildman–Crippen MR) is 71.7 cm³/mol. The first-order valence-electron chi connectivity index (χ1n) is 6.87. The highest BCUT2D eigenvalue weighted by atomic mass is 19.4. The van der Waals surface area contributed by atoms with Crippen molar-refractivity contribution in [2.45, 2.75) is 38.0 Å². The third kappa shape index (κ3) is 4.49. The number of aliphatic hydroxyl groups is 1. The fraction of sp³-hybridized carbons (Fsp3) is 0.600. The second kappa shape index (κ2) is 6.14. The molecule has 2 rings (SSSR count). The highest BCUT2D eigenvalue weighted by Crippen LogP contribution is 2.29. The molecule has 1 aromatic carbocycles. The van der Waals surface area contributed by atoms with Gasteiger partial charge in [-0.25, -0.2) is 0 Å². The SMILES string of the molecule is Cc1cccc(C2CCN(CC(O)CC(F)(F)F)C2)c1. The number of benzene rings is 1. The molecule has 1 aliphatic rings. The fourth-order valence-corrected chi connectivity index (χ4v) is 2.82. The van der Waals surface area contributed by atoms with Gasteiger partial charge in [0.25, 0.3) is 0 Å². The molecule has 1 aliphatic heterocycles. The Balaban J connectivity index is 1.86. The molecular weight excluding hydrogens is 267 g/mol. The molecule has 1 saturated heterocycles. The number of halogens is 3. The predicted octanol–water partition coefficient (Wildman–Crippen LogP) is 3.10. The number of β-amino-alcohol motifs (C(OH)–C–C–N with tert-alkyl or cyclic N) is 1. The lowest BCUT2D eigenvalue weighted by atomic mass is 9.97. The fourth-order valence-electron chi connectivity index (χ4n) is 2.82. The van der Waals surface area contributed by atoms with Crippen LogP contribution >= 0.6 is 0 Å². The molecule has 0 aromatic heterocycles. The molecule has 2 unspecified atom stereocenters. The molecule has 2 nitrogen and oxygen atoms in total. The van der Waals surface area contributed by atoms with Gasteiger partial charge in [-0.3, -0.25) is 0 Å². The summed E-state index contributed by atoms with van der Waals surface area (Å²) in [5.41, 5.74) is 2.43. The molecule has 0 spiro atoms. The average Bonchev–Trinajstić information content (AvgIpc) is 2.74. The summed E-state index contributed by atoms with van der Waals surface area (Å²) < 4.78 is 36.6. The normalized spacial score (nSPS) is 22.1. The van der Waals surface area contributed by atoms with Crippen LogP contribution < -0.4 is 0 Å². The third-order valence-electron chi connectivity index (χ3n) is 3.72. The number of hydrogen-bond donors (Lipinski definition) is 1. The van der Waals surface area contributed by atoms with Gasteiger partial charge < -0.3 is 10.0 Å². The van der Waals surface area contributed by atoms with Crippen LogP contribution in [0.4, 0.5) is 13.2 Å². The first-order chi connectivity index (χ1) is 9.33. The van der Waals surface area contributed by atoms with Gasteiger partial charge >= 0.3 is 6.18 Å². The number of aliphatic hydroxyl groups excluding tert-OH is 1. The van der Waals surface area contributed by atoms with E-state index in [2.05, 4.69) is 12.1 Å². The number of hydrogen-bond acceptors (Lipinski definition) is 2. The number of nitrogens with zero attached hydrogens (tertiary/aromatic N) is 1. The molecule has 2 atom stereocenters. The summed E-state index contributed by atoms with van der Waals surface area (Å²) in [5.74, 6) is 0.355. The van der Waals surface area contributed by atoms with Gasteiger partial charge in [-0.2, -0.15) is 13.2 Å². The van der Waals surface area contributed by atoms with Crippen LogP contribution in [0, 0.1) is 6.92 Å². The molecule has 1 aromatic rings. The summed E-state index contributed by atoms with van der Waals surface area (Å²) in [4.78, 5) is 1.92. The maximum absolute atomic E-state index is 12.2. The van der Waals surface area contributed by atoms with Crippen LogP contribution in [-0.4, -0.2) is 41.9 Å². The number of aryl methyl sites for hydroxylation is 1. The quantitative estimate of drug-likeness (QED) is 0.920. The molecule has 0 amide bonds. The molecule has 1 N–H and O–H groups in total. The number of rotatable bonds is 4. The van der Waals surface area contributed by atoms with E-state index >= 15 is 0 Å². The minimum absolute atomic E-state index is 0.0990. The van der Waals surface area contributed by atoms with Gasteiger partial charge in [-0.05, 0) is 31.4 Å². The van der Waals surface area contributed by atoms with Crippen molar-refractivity contribution < 1.29 is 18.3 Å². The highest BCUT2D eigenvalue weighted by molar-refractivity contribution is 5.26. The minimum atomic E-state index is -4.30. The zero-order valence-electron chi connectivity index (χ0n) is 11.5. The molecule has 1 fully saturated rings. The topological polar surface area (TPSA) is 23.5 Å². The van der Waals surface area contributed by atoms with Crippen molar-refractivity contribution in [2.75, 3.05) is 19.6 Å². The Morgan fingerprint density at radius 3 is 2.80 bits per heavy atom. The Bertz CT molecular complexity index is 447. The molecule has 0 saturated carbocycles. The summed E-state index contributed by atoms with van der Waals surface area (Å²) in [7, 11) is 0. The average molecular weight is 287 g/mol. The van der Waals surface area contributed by atoms with Gasteiger partial charge in [0.2, 0.25) is 0 Å². The third-order valence-corrected chi connectivity index (χ3v) is 3.72. The summed E-state index contributed by atoms with van der Waals surface area (Å²) in [6.07, 6.45) is -5.82. The summed E-state index contributed by atoms with van der Waals surface area (Å²) in [5, 5.41) is 9.48. The van der Waals surface area contributed by atoms with E-state index in [9.17, 15) is 18.3 Å². The summed E-state index contributed by atoms with van der Waals surface area (Å²) >= 11 is 0. The van der Waals surface area contributed by atoms with Crippen molar-refractivity contribution in [1.29, 1.82) is 0 Å². The minimum Gasteiger partial charge on any atom is -0.391 e. The monoisotopic (exact) mass is 287 g/mol. The number of alkyl halides is 3. The van der Waals surface area contributed by atoms with Gasteiger partial charge in [0.05, 0.1) is 12.5 Å². The van der Waals surface area contributed by atoms with E-state index < -0.39 is 18.7 Å². The first-order valence-corrected chi connectivity index (χ1v) is 6.87. The standard InChI is InChI=1S/C15H20F3NO/c1-11-3-2-4-12(7-11)13-5-6-19(9-13)10-14(20)8-15(16,17)18/h2-4,7,13-14,20H,5-6,8-10H2,1H3. The molecule has 112 valence electrons. The van der Waals surface area contributed by atoms with E-state index in [0.717, 1.165) is 19.5 Å². The van der Waals surface area contributed by atoms with E-state index in [-0.39, 0.29) is 6.54 Å². The zero-order valence-corrected chi connectivity index (χ0v) is 11.5. The lowest BCUT2D eigenvalue weighted by Gasteiger charge is -2.21. The molecular formula is C15H20F3NO. The molecule has 0 aliphatic carbocycles. The molecule has 1 heterocycles. The summed E-state index contributed by atoms with van der Waals surface area (Å²) in [6.45, 7) is 3.59. The van der Waals surface area contributed by atoms with Crippen LogP contribution in [0.15, 0.2) is 24.3 Å². The van der Waals surface area contributed by atoms with E-state index in [1.54, 1.807) is 0 Å². The van der Waals surface area contributed by atoms with E-state index in [1.165, 1.54) is 11.1 Å². The van der Waals surface area contributed by atoms with Crippen LogP contribution in [0.25, 0.3) is 0 Å². The van der Waals surface area contributed by atoms with Crippen LogP contribution in [0.2, 0.25) is 0 Å².